The molecular weight excluding hydrogens is 338 g/mol. The first-order chi connectivity index (χ1) is 13.1. The number of hydrogen-bond acceptors (Lipinski definition) is 4. The van der Waals surface area contributed by atoms with Crippen molar-refractivity contribution in [2.75, 3.05) is 5.32 Å². The Morgan fingerprint density at radius 1 is 0.963 bits per heavy atom. The first-order valence-electron chi connectivity index (χ1n) is 8.91. The van der Waals surface area contributed by atoms with Gasteiger partial charge >= 0.3 is 0 Å². The zero-order valence-corrected chi connectivity index (χ0v) is 15.5. The van der Waals surface area contributed by atoms with E-state index < -0.39 is 0 Å². The number of anilines is 2. The summed E-state index contributed by atoms with van der Waals surface area (Å²) >= 11 is 0. The fraction of sp³-hybridized carbons (Fsp3) is 0.182. The van der Waals surface area contributed by atoms with E-state index in [9.17, 15) is 4.79 Å². The molecule has 5 heteroatoms. The predicted octanol–water partition coefficient (Wildman–Crippen LogP) is 4.54. The zero-order valence-electron chi connectivity index (χ0n) is 15.5. The maximum absolute atomic E-state index is 11.9. The number of pyridine rings is 1. The summed E-state index contributed by atoms with van der Waals surface area (Å²) < 4.78 is 5.79. The molecule has 0 aliphatic rings. The highest BCUT2D eigenvalue weighted by atomic mass is 16.5. The number of amides is 1. The average molecular weight is 361 g/mol. The van der Waals surface area contributed by atoms with E-state index >= 15 is 0 Å². The van der Waals surface area contributed by atoms with Gasteiger partial charge in [-0.2, -0.15) is 0 Å². The molecule has 0 fully saturated rings. The number of ether oxygens (including phenoxy) is 1. The first-order valence-corrected chi connectivity index (χ1v) is 8.91. The van der Waals surface area contributed by atoms with Crippen LogP contribution in [0.15, 0.2) is 72.9 Å². The lowest BCUT2D eigenvalue weighted by Gasteiger charge is -2.10. The number of carbonyl (C=O) groups excluding carboxylic acids is 1. The summed E-state index contributed by atoms with van der Waals surface area (Å²) in [5.41, 5.74) is 3.27. The first kappa shape index (κ1) is 18.5. The topological polar surface area (TPSA) is 63.2 Å². The molecule has 0 radical (unpaired) electrons. The smallest absolute Gasteiger partial charge is 0.270 e. The fourth-order valence-electron chi connectivity index (χ4n) is 2.48. The van der Waals surface area contributed by atoms with Gasteiger partial charge in [0.15, 0.2) is 0 Å². The lowest BCUT2D eigenvalue weighted by atomic mass is 10.2. The third-order valence-electron chi connectivity index (χ3n) is 3.81. The molecule has 27 heavy (non-hydrogen) atoms. The highest BCUT2D eigenvalue weighted by Crippen LogP contribution is 2.20. The van der Waals surface area contributed by atoms with Crippen molar-refractivity contribution in [1.29, 1.82) is 0 Å². The predicted molar refractivity (Wildman–Crippen MR) is 107 cm³/mol. The summed E-state index contributed by atoms with van der Waals surface area (Å²) in [4.78, 5) is 16.1. The summed E-state index contributed by atoms with van der Waals surface area (Å²) in [6.07, 6.45) is 1.65. The van der Waals surface area contributed by atoms with Crippen molar-refractivity contribution in [2.24, 2.45) is 0 Å². The summed E-state index contributed by atoms with van der Waals surface area (Å²) in [7, 11) is 0. The van der Waals surface area contributed by atoms with Crippen LogP contribution in [0.1, 0.15) is 29.9 Å². The molecule has 0 aliphatic carbocycles. The van der Waals surface area contributed by atoms with Gasteiger partial charge in [-0.15, -0.1) is 0 Å². The number of carbonyl (C=O) groups is 1. The number of nitrogens with one attached hydrogen (secondary N) is 2. The van der Waals surface area contributed by atoms with E-state index in [0.29, 0.717) is 12.3 Å². The van der Waals surface area contributed by atoms with Gasteiger partial charge in [0.05, 0.1) is 11.9 Å². The maximum atomic E-state index is 11.9. The Hall–Kier alpha value is -3.34. The van der Waals surface area contributed by atoms with Crippen LogP contribution >= 0.6 is 0 Å². The van der Waals surface area contributed by atoms with Crippen molar-refractivity contribution in [3.05, 3.63) is 84.2 Å². The Bertz CT molecular complexity index is 860. The Morgan fingerprint density at radius 3 is 2.30 bits per heavy atom. The molecule has 2 aromatic carbocycles. The monoisotopic (exact) mass is 361 g/mol. The van der Waals surface area contributed by atoms with Crippen molar-refractivity contribution in [1.82, 2.24) is 10.3 Å². The van der Waals surface area contributed by atoms with Gasteiger partial charge in [-0.3, -0.25) is 4.79 Å². The van der Waals surface area contributed by atoms with E-state index in [-0.39, 0.29) is 11.9 Å². The molecule has 1 heterocycles. The van der Waals surface area contributed by atoms with Gasteiger partial charge < -0.3 is 15.4 Å². The molecule has 0 aliphatic heterocycles. The Labute approximate surface area is 159 Å². The minimum absolute atomic E-state index is 0.0831. The number of benzene rings is 2. The lowest BCUT2D eigenvalue weighted by molar-refractivity contribution is 0.0938. The minimum atomic E-state index is -0.170. The molecule has 2 N–H and O–H groups in total. The zero-order chi connectivity index (χ0) is 19.1. The normalized spacial score (nSPS) is 10.5. The van der Waals surface area contributed by atoms with Crippen LogP contribution in [0, 0.1) is 0 Å². The molecule has 3 aromatic rings. The third kappa shape index (κ3) is 5.57. The minimum Gasteiger partial charge on any atom is -0.489 e. The second-order valence-corrected chi connectivity index (χ2v) is 6.48. The highest BCUT2D eigenvalue weighted by Gasteiger charge is 2.08. The van der Waals surface area contributed by atoms with Crippen LogP contribution in [-0.2, 0) is 6.61 Å². The standard InChI is InChI=1S/C22H23N3O2/c1-16(2)24-22(26)21-13-10-19(14-23-21)25-18-8-11-20(12-9-18)27-15-17-6-4-3-5-7-17/h3-14,16,25H,15H2,1-2H3,(H,24,26). The van der Waals surface area contributed by atoms with Crippen molar-refractivity contribution >= 4 is 17.3 Å². The second-order valence-electron chi connectivity index (χ2n) is 6.48. The molecule has 0 spiro atoms. The van der Waals surface area contributed by atoms with Gasteiger partial charge in [-0.05, 0) is 55.8 Å². The largest absolute Gasteiger partial charge is 0.489 e. The average Bonchev–Trinajstić information content (AvgIpc) is 2.68. The number of nitrogens with zero attached hydrogens (tertiary/aromatic N) is 1. The van der Waals surface area contributed by atoms with Crippen LogP contribution in [0.5, 0.6) is 5.75 Å². The number of rotatable bonds is 7. The molecule has 1 aromatic heterocycles. The van der Waals surface area contributed by atoms with E-state index in [0.717, 1.165) is 22.7 Å². The van der Waals surface area contributed by atoms with E-state index in [1.54, 1.807) is 12.3 Å². The molecule has 0 saturated carbocycles. The van der Waals surface area contributed by atoms with Crippen LogP contribution in [-0.4, -0.2) is 16.9 Å². The van der Waals surface area contributed by atoms with Crippen molar-refractivity contribution in [3.63, 3.8) is 0 Å². The molecule has 0 atom stereocenters. The SMILES string of the molecule is CC(C)NC(=O)c1ccc(Nc2ccc(OCc3ccccc3)cc2)cn1. The van der Waals surface area contributed by atoms with E-state index in [1.165, 1.54) is 0 Å². The maximum Gasteiger partial charge on any atom is 0.270 e. The van der Waals surface area contributed by atoms with E-state index in [4.69, 9.17) is 4.74 Å². The van der Waals surface area contributed by atoms with Gasteiger partial charge in [0.2, 0.25) is 0 Å². The summed E-state index contributed by atoms with van der Waals surface area (Å²) in [6.45, 7) is 4.37. The molecule has 0 unspecified atom stereocenters. The lowest BCUT2D eigenvalue weighted by Crippen LogP contribution is -2.30. The quantitative estimate of drug-likeness (QED) is 0.648. The molecular formula is C22H23N3O2. The molecule has 5 nitrogen and oxygen atoms in total. The summed E-state index contributed by atoms with van der Waals surface area (Å²) in [5.74, 6) is 0.639. The van der Waals surface area contributed by atoms with Crippen LogP contribution in [0.4, 0.5) is 11.4 Å². The Balaban J connectivity index is 1.55. The fourth-order valence-corrected chi connectivity index (χ4v) is 2.48. The van der Waals surface area contributed by atoms with Crippen LogP contribution < -0.4 is 15.4 Å². The Kier molecular flexibility index (Phi) is 6.05. The third-order valence-corrected chi connectivity index (χ3v) is 3.81. The molecule has 0 bridgehead atoms. The van der Waals surface area contributed by atoms with Gasteiger partial charge in [0.25, 0.3) is 5.91 Å². The summed E-state index contributed by atoms with van der Waals surface area (Å²) in [6, 6.07) is 21.4. The number of aromatic nitrogens is 1. The van der Waals surface area contributed by atoms with Crippen LogP contribution in [0.25, 0.3) is 0 Å². The van der Waals surface area contributed by atoms with Gasteiger partial charge in [-0.1, -0.05) is 30.3 Å². The van der Waals surface area contributed by atoms with E-state index in [1.807, 2.05) is 74.5 Å². The van der Waals surface area contributed by atoms with Crippen molar-refractivity contribution in [3.8, 4) is 5.75 Å². The van der Waals surface area contributed by atoms with E-state index in [2.05, 4.69) is 15.6 Å². The Morgan fingerprint density at radius 2 is 1.67 bits per heavy atom. The van der Waals surface area contributed by atoms with Crippen LogP contribution in [0.2, 0.25) is 0 Å². The van der Waals surface area contributed by atoms with Gasteiger partial charge in [-0.25, -0.2) is 4.98 Å². The summed E-state index contributed by atoms with van der Waals surface area (Å²) in [5, 5.41) is 6.08. The van der Waals surface area contributed by atoms with Crippen molar-refractivity contribution < 1.29 is 9.53 Å². The molecule has 3 rings (SSSR count). The highest BCUT2D eigenvalue weighted by molar-refractivity contribution is 5.92. The second kappa shape index (κ2) is 8.85. The number of hydrogen-bond donors (Lipinski definition) is 2. The van der Waals surface area contributed by atoms with Gasteiger partial charge in [0.1, 0.15) is 18.1 Å². The van der Waals surface area contributed by atoms with Crippen LogP contribution in [0.3, 0.4) is 0 Å². The van der Waals surface area contributed by atoms with Gasteiger partial charge in [0, 0.05) is 11.7 Å². The molecule has 0 saturated heterocycles. The molecule has 1 amide bonds. The molecule has 138 valence electrons. The van der Waals surface area contributed by atoms with Crippen molar-refractivity contribution in [2.45, 2.75) is 26.5 Å².